The van der Waals surface area contributed by atoms with Gasteiger partial charge in [-0.15, -0.1) is 13.2 Å². The molecule has 0 bridgehead atoms. The second-order valence-corrected chi connectivity index (χ2v) is 8.67. The number of nitrogens with zero attached hydrogens (tertiary/aromatic N) is 2. The fraction of sp³-hybridized carbons (Fsp3) is 0.435. The molecule has 10 heteroatoms. The van der Waals surface area contributed by atoms with Crippen molar-refractivity contribution in [1.82, 2.24) is 15.2 Å². The van der Waals surface area contributed by atoms with Crippen LogP contribution in [0.15, 0.2) is 42.6 Å². The molecular weight excluding hydrogens is 439 g/mol. The number of aromatic nitrogens is 1. The fourth-order valence-electron chi connectivity index (χ4n) is 3.45. The first-order valence-electron chi connectivity index (χ1n) is 10.5. The highest BCUT2D eigenvalue weighted by Crippen LogP contribution is 2.26. The van der Waals surface area contributed by atoms with Crippen molar-refractivity contribution in [2.24, 2.45) is 0 Å². The lowest BCUT2D eigenvalue weighted by Gasteiger charge is -2.28. The lowest BCUT2D eigenvalue weighted by molar-refractivity contribution is -0.274. The van der Waals surface area contributed by atoms with Gasteiger partial charge in [0.05, 0.1) is 5.69 Å². The number of hydrogen-bond acceptors (Lipinski definition) is 5. The standard InChI is InChI=1S/C23H26F3N3O4/c1-22(2,3)33-21(31)29-12-4-5-19(29)20(30)28-14-15-10-11-27-18(13-15)16-6-8-17(9-7-16)32-23(24,25)26/h6-11,13,19H,4-5,12,14H2,1-3H3,(H,28,30)/t19-/m0/s1. The number of benzene rings is 1. The quantitative estimate of drug-likeness (QED) is 0.695. The number of halogens is 3. The van der Waals surface area contributed by atoms with Crippen molar-refractivity contribution in [2.75, 3.05) is 6.54 Å². The van der Waals surface area contributed by atoms with Crippen molar-refractivity contribution in [1.29, 1.82) is 0 Å². The highest BCUT2D eigenvalue weighted by atomic mass is 19.4. The predicted octanol–water partition coefficient (Wildman–Crippen LogP) is 4.66. The van der Waals surface area contributed by atoms with Crippen LogP contribution in [0.4, 0.5) is 18.0 Å². The average Bonchev–Trinajstić information content (AvgIpc) is 3.21. The molecule has 0 unspecified atom stereocenters. The Morgan fingerprint density at radius 3 is 2.48 bits per heavy atom. The molecule has 33 heavy (non-hydrogen) atoms. The second-order valence-electron chi connectivity index (χ2n) is 8.67. The molecular formula is C23H26F3N3O4. The number of ether oxygens (including phenoxy) is 2. The van der Waals surface area contributed by atoms with Crippen LogP contribution in [0, 0.1) is 0 Å². The molecule has 0 spiro atoms. The summed E-state index contributed by atoms with van der Waals surface area (Å²) in [4.78, 5) is 30.8. The lowest BCUT2D eigenvalue weighted by Crippen LogP contribution is -2.47. The van der Waals surface area contributed by atoms with Crippen LogP contribution in [0.5, 0.6) is 5.75 Å². The summed E-state index contributed by atoms with van der Waals surface area (Å²) in [7, 11) is 0. The highest BCUT2D eigenvalue weighted by molar-refractivity contribution is 5.86. The number of hydrogen-bond donors (Lipinski definition) is 1. The van der Waals surface area contributed by atoms with Crippen molar-refractivity contribution < 1.29 is 32.2 Å². The Kier molecular flexibility index (Phi) is 7.14. The minimum atomic E-state index is -4.75. The molecule has 2 amide bonds. The monoisotopic (exact) mass is 465 g/mol. The van der Waals surface area contributed by atoms with Gasteiger partial charge in [-0.25, -0.2) is 4.79 Å². The number of pyridine rings is 1. The summed E-state index contributed by atoms with van der Waals surface area (Å²) < 4.78 is 46.2. The summed E-state index contributed by atoms with van der Waals surface area (Å²) in [5, 5.41) is 2.84. The highest BCUT2D eigenvalue weighted by Gasteiger charge is 2.36. The van der Waals surface area contributed by atoms with Crippen LogP contribution in [0.25, 0.3) is 11.3 Å². The second kappa shape index (κ2) is 9.68. The molecule has 1 atom stereocenters. The number of rotatable bonds is 5. The molecule has 178 valence electrons. The molecule has 2 heterocycles. The van der Waals surface area contributed by atoms with E-state index in [1.54, 1.807) is 39.1 Å². The molecule has 0 saturated carbocycles. The van der Waals surface area contributed by atoms with E-state index < -0.39 is 24.1 Å². The van der Waals surface area contributed by atoms with Gasteiger partial charge in [0.1, 0.15) is 17.4 Å². The number of amides is 2. The third-order valence-electron chi connectivity index (χ3n) is 4.86. The summed E-state index contributed by atoms with van der Waals surface area (Å²) in [6.07, 6.45) is -2.44. The van der Waals surface area contributed by atoms with Crippen LogP contribution in [-0.4, -0.2) is 46.4 Å². The molecule has 1 aromatic heterocycles. The van der Waals surface area contributed by atoms with E-state index in [1.807, 2.05) is 0 Å². The third kappa shape index (κ3) is 7.10. The smallest absolute Gasteiger partial charge is 0.444 e. The van der Waals surface area contributed by atoms with Crippen LogP contribution < -0.4 is 10.1 Å². The zero-order valence-corrected chi connectivity index (χ0v) is 18.6. The first-order valence-corrected chi connectivity index (χ1v) is 10.5. The third-order valence-corrected chi connectivity index (χ3v) is 4.86. The minimum Gasteiger partial charge on any atom is -0.444 e. The van der Waals surface area contributed by atoms with Crippen molar-refractivity contribution in [3.8, 4) is 17.0 Å². The molecule has 0 aliphatic carbocycles. The molecule has 2 aromatic rings. The van der Waals surface area contributed by atoms with Gasteiger partial charge >= 0.3 is 12.5 Å². The van der Waals surface area contributed by atoms with Crippen molar-refractivity contribution in [3.05, 3.63) is 48.2 Å². The molecule has 7 nitrogen and oxygen atoms in total. The van der Waals surface area contributed by atoms with Gasteiger partial charge in [0.25, 0.3) is 0 Å². The molecule has 0 radical (unpaired) electrons. The van der Waals surface area contributed by atoms with Crippen molar-refractivity contribution >= 4 is 12.0 Å². The van der Waals surface area contributed by atoms with E-state index in [4.69, 9.17) is 4.74 Å². The van der Waals surface area contributed by atoms with Crippen molar-refractivity contribution in [3.63, 3.8) is 0 Å². The van der Waals surface area contributed by atoms with Gasteiger partial charge in [0, 0.05) is 24.8 Å². The molecule has 1 aliphatic rings. The maximum Gasteiger partial charge on any atom is 0.573 e. The van der Waals surface area contributed by atoms with Gasteiger partial charge < -0.3 is 14.8 Å². The number of alkyl halides is 3. The molecule has 1 saturated heterocycles. The minimum absolute atomic E-state index is 0.211. The van der Waals surface area contributed by atoms with E-state index in [0.29, 0.717) is 30.6 Å². The van der Waals surface area contributed by atoms with E-state index >= 15 is 0 Å². The number of carbonyl (C=O) groups is 2. The largest absolute Gasteiger partial charge is 0.573 e. The van der Waals surface area contributed by atoms with Crippen LogP contribution in [0.3, 0.4) is 0 Å². The summed E-state index contributed by atoms with van der Waals surface area (Å²) >= 11 is 0. The molecule has 1 fully saturated rings. The molecule has 1 aliphatic heterocycles. The summed E-state index contributed by atoms with van der Waals surface area (Å²) in [5.74, 6) is -0.592. The summed E-state index contributed by atoms with van der Waals surface area (Å²) in [6, 6.07) is 8.24. The van der Waals surface area contributed by atoms with E-state index in [1.165, 1.54) is 29.2 Å². The van der Waals surface area contributed by atoms with E-state index in [-0.39, 0.29) is 18.2 Å². The van der Waals surface area contributed by atoms with Crippen LogP contribution in [0.2, 0.25) is 0 Å². The van der Waals surface area contributed by atoms with Crippen LogP contribution >= 0.6 is 0 Å². The Hall–Kier alpha value is -3.30. The maximum atomic E-state index is 12.7. The van der Waals surface area contributed by atoms with Gasteiger partial charge in [-0.3, -0.25) is 14.7 Å². The summed E-state index contributed by atoms with van der Waals surface area (Å²) in [6.45, 7) is 5.98. The number of likely N-dealkylation sites (tertiary alicyclic amines) is 1. The van der Waals surface area contributed by atoms with E-state index in [9.17, 15) is 22.8 Å². The Morgan fingerprint density at radius 2 is 1.85 bits per heavy atom. The zero-order chi connectivity index (χ0) is 24.2. The topological polar surface area (TPSA) is 80.8 Å². The maximum absolute atomic E-state index is 12.7. The van der Waals surface area contributed by atoms with E-state index in [2.05, 4.69) is 15.0 Å². The Morgan fingerprint density at radius 1 is 1.15 bits per heavy atom. The van der Waals surface area contributed by atoms with Gasteiger partial charge in [0.2, 0.25) is 5.91 Å². The summed E-state index contributed by atoms with van der Waals surface area (Å²) in [5.41, 5.74) is 1.25. The Labute approximate surface area is 189 Å². The zero-order valence-electron chi connectivity index (χ0n) is 18.6. The SMILES string of the molecule is CC(C)(C)OC(=O)N1CCC[C@H]1C(=O)NCc1ccnc(-c2ccc(OC(F)(F)F)cc2)c1. The number of nitrogens with one attached hydrogen (secondary N) is 1. The van der Waals surface area contributed by atoms with Gasteiger partial charge in [0.15, 0.2) is 0 Å². The predicted molar refractivity (Wildman–Crippen MR) is 114 cm³/mol. The van der Waals surface area contributed by atoms with Crippen LogP contribution in [-0.2, 0) is 16.1 Å². The lowest BCUT2D eigenvalue weighted by atomic mass is 10.1. The number of carbonyl (C=O) groups excluding carboxylic acids is 2. The van der Waals surface area contributed by atoms with E-state index in [0.717, 1.165) is 5.56 Å². The van der Waals surface area contributed by atoms with Gasteiger partial charge in [-0.05, 0) is 75.6 Å². The molecule has 1 N–H and O–H groups in total. The first kappa shape index (κ1) is 24.3. The molecule has 1 aromatic carbocycles. The van der Waals surface area contributed by atoms with Gasteiger partial charge in [-0.2, -0.15) is 0 Å². The Bertz CT molecular complexity index is 988. The van der Waals surface area contributed by atoms with Crippen LogP contribution in [0.1, 0.15) is 39.2 Å². The van der Waals surface area contributed by atoms with Gasteiger partial charge in [-0.1, -0.05) is 0 Å². The van der Waals surface area contributed by atoms with Crippen molar-refractivity contribution in [2.45, 2.75) is 58.2 Å². The average molecular weight is 465 g/mol. The normalized spacial score (nSPS) is 16.4. The fourth-order valence-corrected chi connectivity index (χ4v) is 3.45. The molecule has 3 rings (SSSR count). The first-order chi connectivity index (χ1) is 15.4. The Balaban J connectivity index is 1.61.